The van der Waals surface area contributed by atoms with E-state index in [4.69, 9.17) is 0 Å². The van der Waals surface area contributed by atoms with E-state index in [9.17, 15) is 4.21 Å². The minimum absolute atomic E-state index is 0.648. The van der Waals surface area contributed by atoms with Crippen LogP contribution in [-0.2, 0) is 10.8 Å². The first kappa shape index (κ1) is 12.9. The molecule has 0 aromatic carbocycles. The van der Waals surface area contributed by atoms with Crippen LogP contribution in [0.5, 0.6) is 0 Å². The van der Waals surface area contributed by atoms with Crippen LogP contribution in [0.1, 0.15) is 12.5 Å². The highest BCUT2D eigenvalue weighted by Crippen LogP contribution is 2.16. The Morgan fingerprint density at radius 3 is 2.69 bits per heavy atom. The monoisotopic (exact) mass is 242 g/mol. The van der Waals surface area contributed by atoms with Crippen molar-refractivity contribution in [1.82, 2.24) is 9.97 Å². The molecule has 2 N–H and O–H groups in total. The van der Waals surface area contributed by atoms with Gasteiger partial charge in [0.2, 0.25) is 0 Å². The number of rotatable bonds is 6. The third-order valence-electron chi connectivity index (χ3n) is 2.27. The fraction of sp³-hybridized carbons (Fsp3) is 0.600. The van der Waals surface area contributed by atoms with Crippen LogP contribution in [0.3, 0.4) is 0 Å². The summed E-state index contributed by atoms with van der Waals surface area (Å²) in [7, 11) is 1.09. The van der Waals surface area contributed by atoms with Crippen LogP contribution in [-0.4, -0.2) is 39.3 Å². The van der Waals surface area contributed by atoms with E-state index < -0.39 is 10.8 Å². The van der Waals surface area contributed by atoms with Gasteiger partial charge < -0.3 is 10.6 Å². The summed E-state index contributed by atoms with van der Waals surface area (Å²) in [4.78, 5) is 8.24. The molecule has 90 valence electrons. The number of hydrogen-bond acceptors (Lipinski definition) is 5. The molecule has 0 spiro atoms. The number of nitrogens with one attached hydrogen (secondary N) is 2. The first-order valence-electron chi connectivity index (χ1n) is 5.27. The molecule has 1 unspecified atom stereocenters. The van der Waals surface area contributed by atoms with Crippen LogP contribution in [0.15, 0.2) is 6.33 Å². The standard InChI is InChI=1S/C10H18N4OS/c1-4-16(15)6-5-12-10-8(2)9(11-3)13-7-14-10/h7H,4-6H2,1-3H3,(H2,11,12,13,14). The van der Waals surface area contributed by atoms with E-state index in [1.165, 1.54) is 6.33 Å². The van der Waals surface area contributed by atoms with Gasteiger partial charge in [-0.25, -0.2) is 9.97 Å². The Balaban J connectivity index is 2.57. The lowest BCUT2D eigenvalue weighted by atomic mass is 10.3. The summed E-state index contributed by atoms with van der Waals surface area (Å²) in [5, 5.41) is 6.16. The van der Waals surface area contributed by atoms with Gasteiger partial charge in [0.05, 0.1) is 0 Å². The van der Waals surface area contributed by atoms with Crippen LogP contribution in [0.25, 0.3) is 0 Å². The number of nitrogens with zero attached hydrogens (tertiary/aromatic N) is 2. The molecule has 5 nitrogen and oxygen atoms in total. The molecule has 0 bridgehead atoms. The zero-order chi connectivity index (χ0) is 12.0. The molecular weight excluding hydrogens is 224 g/mol. The second-order valence-electron chi connectivity index (χ2n) is 3.31. The smallest absolute Gasteiger partial charge is 0.134 e. The first-order valence-corrected chi connectivity index (χ1v) is 6.76. The number of aromatic nitrogens is 2. The number of anilines is 2. The lowest BCUT2D eigenvalue weighted by Crippen LogP contribution is -2.14. The average Bonchev–Trinajstić information content (AvgIpc) is 2.31. The van der Waals surface area contributed by atoms with Crippen LogP contribution in [0, 0.1) is 6.92 Å². The SMILES string of the molecule is CCS(=O)CCNc1ncnc(NC)c1C. The summed E-state index contributed by atoms with van der Waals surface area (Å²) in [6.07, 6.45) is 1.51. The van der Waals surface area contributed by atoms with Gasteiger partial charge in [0.15, 0.2) is 0 Å². The molecule has 0 amide bonds. The van der Waals surface area contributed by atoms with Gasteiger partial charge in [-0.1, -0.05) is 6.92 Å². The summed E-state index contributed by atoms with van der Waals surface area (Å²) >= 11 is 0. The molecule has 0 aliphatic carbocycles. The van der Waals surface area contributed by atoms with E-state index in [2.05, 4.69) is 20.6 Å². The van der Waals surface area contributed by atoms with Gasteiger partial charge in [0.25, 0.3) is 0 Å². The topological polar surface area (TPSA) is 66.9 Å². The third kappa shape index (κ3) is 3.44. The maximum Gasteiger partial charge on any atom is 0.134 e. The third-order valence-corrected chi connectivity index (χ3v) is 3.57. The Hall–Kier alpha value is -1.17. The fourth-order valence-electron chi connectivity index (χ4n) is 1.31. The molecule has 0 saturated carbocycles. The first-order chi connectivity index (χ1) is 7.69. The molecular formula is C10H18N4OS. The molecule has 0 radical (unpaired) electrons. The summed E-state index contributed by atoms with van der Waals surface area (Å²) < 4.78 is 11.2. The van der Waals surface area contributed by atoms with Crippen LogP contribution < -0.4 is 10.6 Å². The van der Waals surface area contributed by atoms with Gasteiger partial charge in [-0.3, -0.25) is 4.21 Å². The second-order valence-corrected chi connectivity index (χ2v) is 5.17. The highest BCUT2D eigenvalue weighted by Gasteiger charge is 2.05. The molecule has 0 saturated heterocycles. The largest absolute Gasteiger partial charge is 0.373 e. The van der Waals surface area contributed by atoms with Crippen molar-refractivity contribution < 1.29 is 4.21 Å². The second kappa shape index (κ2) is 6.42. The Kier molecular flexibility index (Phi) is 5.18. The van der Waals surface area contributed by atoms with E-state index >= 15 is 0 Å². The van der Waals surface area contributed by atoms with Gasteiger partial charge in [-0.15, -0.1) is 0 Å². The maximum atomic E-state index is 11.2. The predicted octanol–water partition coefficient (Wildman–Crippen LogP) is 1.01. The summed E-state index contributed by atoms with van der Waals surface area (Å²) in [5.74, 6) is 2.96. The minimum atomic E-state index is -0.736. The number of hydrogen-bond donors (Lipinski definition) is 2. The molecule has 1 heterocycles. The van der Waals surface area contributed by atoms with Crippen molar-refractivity contribution in [1.29, 1.82) is 0 Å². The molecule has 1 aromatic heterocycles. The molecule has 6 heteroatoms. The lowest BCUT2D eigenvalue weighted by Gasteiger charge is -2.10. The maximum absolute atomic E-state index is 11.2. The van der Waals surface area contributed by atoms with E-state index in [1.54, 1.807) is 0 Å². The van der Waals surface area contributed by atoms with E-state index in [1.807, 2.05) is 20.9 Å². The molecule has 0 aliphatic heterocycles. The Labute approximate surface area is 98.5 Å². The Morgan fingerprint density at radius 2 is 2.06 bits per heavy atom. The Bertz CT molecular complexity index is 370. The Morgan fingerprint density at radius 1 is 1.38 bits per heavy atom. The van der Waals surface area contributed by atoms with Crippen molar-refractivity contribution in [2.45, 2.75) is 13.8 Å². The van der Waals surface area contributed by atoms with E-state index in [-0.39, 0.29) is 0 Å². The molecule has 0 aliphatic rings. The molecule has 1 rings (SSSR count). The van der Waals surface area contributed by atoms with Gasteiger partial charge in [-0.05, 0) is 6.92 Å². The normalized spacial score (nSPS) is 12.2. The van der Waals surface area contributed by atoms with Crippen molar-refractivity contribution in [3.63, 3.8) is 0 Å². The van der Waals surface area contributed by atoms with Crippen LogP contribution in [0.4, 0.5) is 11.6 Å². The fourth-order valence-corrected chi connectivity index (χ4v) is 1.93. The summed E-state index contributed by atoms with van der Waals surface area (Å²) in [6, 6.07) is 0. The minimum Gasteiger partial charge on any atom is -0.373 e. The molecule has 1 aromatic rings. The quantitative estimate of drug-likeness (QED) is 0.779. The average molecular weight is 242 g/mol. The highest BCUT2D eigenvalue weighted by atomic mass is 32.2. The zero-order valence-electron chi connectivity index (χ0n) is 9.91. The lowest BCUT2D eigenvalue weighted by molar-refractivity contribution is 0.684. The van der Waals surface area contributed by atoms with Crippen molar-refractivity contribution in [2.24, 2.45) is 0 Å². The van der Waals surface area contributed by atoms with Crippen LogP contribution in [0.2, 0.25) is 0 Å². The predicted molar refractivity (Wildman–Crippen MR) is 68.4 cm³/mol. The molecule has 0 fully saturated rings. The van der Waals surface area contributed by atoms with Crippen molar-refractivity contribution in [3.8, 4) is 0 Å². The summed E-state index contributed by atoms with van der Waals surface area (Å²) in [5.41, 5.74) is 0.979. The van der Waals surface area contributed by atoms with Crippen molar-refractivity contribution >= 4 is 22.4 Å². The van der Waals surface area contributed by atoms with Gasteiger partial charge >= 0.3 is 0 Å². The van der Waals surface area contributed by atoms with Crippen molar-refractivity contribution in [3.05, 3.63) is 11.9 Å². The van der Waals surface area contributed by atoms with Crippen molar-refractivity contribution in [2.75, 3.05) is 35.7 Å². The van der Waals surface area contributed by atoms with E-state index in [0.29, 0.717) is 18.1 Å². The summed E-state index contributed by atoms with van der Waals surface area (Å²) in [6.45, 7) is 4.54. The van der Waals surface area contributed by atoms with E-state index in [0.717, 1.165) is 17.2 Å². The molecule has 1 atom stereocenters. The van der Waals surface area contributed by atoms with Crippen LogP contribution >= 0.6 is 0 Å². The molecule has 16 heavy (non-hydrogen) atoms. The zero-order valence-corrected chi connectivity index (χ0v) is 10.7. The van der Waals surface area contributed by atoms with Gasteiger partial charge in [0.1, 0.15) is 18.0 Å². The van der Waals surface area contributed by atoms with Gasteiger partial charge in [-0.2, -0.15) is 0 Å². The van der Waals surface area contributed by atoms with Gasteiger partial charge in [0, 0.05) is 41.5 Å². The highest BCUT2D eigenvalue weighted by molar-refractivity contribution is 7.84.